The first-order chi connectivity index (χ1) is 16.4. The second-order valence-electron chi connectivity index (χ2n) is 8.43. The average molecular weight is 486 g/mol. The van der Waals surface area contributed by atoms with Crippen LogP contribution in [-0.2, 0) is 4.74 Å². The van der Waals surface area contributed by atoms with Gasteiger partial charge in [-0.2, -0.15) is 15.8 Å². The molecule has 0 amide bonds. The minimum Gasteiger partial charge on any atom is -0.480 e. The van der Waals surface area contributed by atoms with Gasteiger partial charge in [0.25, 0.3) is 0 Å². The van der Waals surface area contributed by atoms with E-state index in [1.54, 1.807) is 43.4 Å². The molecule has 0 saturated carbocycles. The summed E-state index contributed by atoms with van der Waals surface area (Å²) in [4.78, 5) is 9.18. The number of hydrogen-bond acceptors (Lipinski definition) is 8. The molecule has 0 spiro atoms. The zero-order valence-corrected chi connectivity index (χ0v) is 20.7. The summed E-state index contributed by atoms with van der Waals surface area (Å²) in [6.07, 6.45) is 13.5. The summed E-state index contributed by atoms with van der Waals surface area (Å²) >= 11 is 3.35. The molecular weight excluding hydrogens is 462 g/mol. The number of nitrogens with zero attached hydrogens (tertiary/aromatic N) is 5. The third-order valence-corrected chi connectivity index (χ3v) is 7.73. The molecule has 0 unspecified atom stereocenters. The Kier molecular flexibility index (Phi) is 6.98. The molecule has 34 heavy (non-hydrogen) atoms. The molecule has 4 heterocycles. The molecule has 1 fully saturated rings. The van der Waals surface area contributed by atoms with Gasteiger partial charge in [0.1, 0.15) is 34.4 Å². The topological polar surface area (TPSA) is 96.7 Å². The summed E-state index contributed by atoms with van der Waals surface area (Å²) in [5.74, 6) is 0.0415. The van der Waals surface area contributed by atoms with Crippen LogP contribution in [0.15, 0.2) is 46.9 Å². The maximum absolute atomic E-state index is 9.64. The summed E-state index contributed by atoms with van der Waals surface area (Å²) in [7, 11) is 0. The Morgan fingerprint density at radius 1 is 1.00 bits per heavy atom. The zero-order valence-electron chi connectivity index (χ0n) is 19.0. The highest BCUT2D eigenvalue weighted by atomic mass is 32.1. The Bertz CT molecular complexity index is 1310. The fourth-order valence-corrected chi connectivity index (χ4v) is 5.66. The summed E-state index contributed by atoms with van der Waals surface area (Å²) in [5.41, 5.74) is -0.213. The molecule has 0 aromatic carbocycles. The van der Waals surface area contributed by atoms with Crippen molar-refractivity contribution in [2.45, 2.75) is 38.7 Å². The van der Waals surface area contributed by atoms with Crippen LogP contribution in [0.5, 0.6) is 0 Å². The third-order valence-electron chi connectivity index (χ3n) is 5.69. The molecule has 0 radical (unpaired) electrons. The molecule has 0 atom stereocenters. The van der Waals surface area contributed by atoms with Crippen LogP contribution < -0.4 is 4.90 Å². The lowest BCUT2D eigenvalue weighted by Gasteiger charge is -2.27. The Morgan fingerprint density at radius 2 is 1.74 bits per heavy atom. The summed E-state index contributed by atoms with van der Waals surface area (Å²) in [6.45, 7) is 5.90. The Balaban J connectivity index is 1.50. The van der Waals surface area contributed by atoms with E-state index in [1.165, 1.54) is 29.1 Å². The number of thiazole rings is 1. The highest BCUT2D eigenvalue weighted by molar-refractivity contribution is 7.17. The largest absolute Gasteiger partial charge is 0.480 e. The zero-order chi connectivity index (χ0) is 24.1. The summed E-state index contributed by atoms with van der Waals surface area (Å²) < 4.78 is 5.79. The van der Waals surface area contributed by atoms with Gasteiger partial charge >= 0.3 is 0 Å². The molecule has 0 aliphatic carbocycles. The number of hydrogen-bond donors (Lipinski definition) is 0. The van der Waals surface area contributed by atoms with Crippen molar-refractivity contribution in [1.29, 1.82) is 15.8 Å². The van der Waals surface area contributed by atoms with Crippen LogP contribution in [-0.4, -0.2) is 23.7 Å². The maximum atomic E-state index is 9.64. The predicted octanol–water partition coefficient (Wildman–Crippen LogP) is 6.31. The normalized spacial score (nSPS) is 17.6. The van der Waals surface area contributed by atoms with E-state index in [0.29, 0.717) is 5.57 Å². The molecule has 0 N–H and O–H groups in total. The number of piperidine rings is 1. The minimum absolute atomic E-state index is 0.0415. The molecule has 1 saturated heterocycles. The van der Waals surface area contributed by atoms with E-state index in [4.69, 9.17) is 4.74 Å². The quantitative estimate of drug-likeness (QED) is 0.461. The van der Waals surface area contributed by atoms with Crippen LogP contribution >= 0.6 is 22.7 Å². The van der Waals surface area contributed by atoms with Crippen LogP contribution in [0, 0.1) is 34.0 Å². The van der Waals surface area contributed by atoms with Gasteiger partial charge < -0.3 is 9.64 Å². The van der Waals surface area contributed by atoms with Gasteiger partial charge in [-0.15, -0.1) is 22.7 Å². The van der Waals surface area contributed by atoms with Gasteiger partial charge in [0, 0.05) is 34.6 Å². The van der Waals surface area contributed by atoms with Gasteiger partial charge in [-0.1, -0.05) is 6.08 Å². The van der Waals surface area contributed by atoms with Crippen molar-refractivity contribution in [2.75, 3.05) is 18.0 Å². The van der Waals surface area contributed by atoms with E-state index in [-0.39, 0.29) is 16.9 Å². The van der Waals surface area contributed by atoms with Gasteiger partial charge in [-0.25, -0.2) is 4.98 Å². The maximum Gasteiger partial charge on any atom is 0.172 e. The summed E-state index contributed by atoms with van der Waals surface area (Å²) in [5, 5.41) is 30.1. The molecule has 2 aromatic rings. The van der Waals surface area contributed by atoms with Gasteiger partial charge in [-0.05, 0) is 63.5 Å². The fraction of sp³-hybridized carbons (Fsp3) is 0.308. The van der Waals surface area contributed by atoms with E-state index in [9.17, 15) is 15.8 Å². The number of allylic oxidation sites excluding steroid dienone is 2. The molecule has 4 rings (SSSR count). The number of ether oxygens (including phenoxy) is 1. The first-order valence-corrected chi connectivity index (χ1v) is 12.6. The lowest BCUT2D eigenvalue weighted by atomic mass is 9.95. The number of rotatable bonds is 5. The van der Waals surface area contributed by atoms with Crippen LogP contribution in [0.1, 0.15) is 47.9 Å². The lowest BCUT2D eigenvalue weighted by molar-refractivity contribution is 0.0954. The Morgan fingerprint density at radius 3 is 2.44 bits per heavy atom. The van der Waals surface area contributed by atoms with Crippen molar-refractivity contribution in [1.82, 2.24) is 4.98 Å². The van der Waals surface area contributed by atoms with Gasteiger partial charge in [0.2, 0.25) is 0 Å². The van der Waals surface area contributed by atoms with E-state index in [2.05, 4.69) is 40.2 Å². The van der Waals surface area contributed by atoms with Crippen molar-refractivity contribution in [3.05, 3.63) is 61.6 Å². The second kappa shape index (κ2) is 10.1. The second-order valence-corrected chi connectivity index (χ2v) is 10.6. The summed E-state index contributed by atoms with van der Waals surface area (Å²) in [6, 6.07) is 10.1. The van der Waals surface area contributed by atoms with Gasteiger partial charge in [-0.3, -0.25) is 0 Å². The van der Waals surface area contributed by atoms with E-state index >= 15 is 0 Å². The first-order valence-electron chi connectivity index (χ1n) is 11.0. The first kappa shape index (κ1) is 23.5. The molecule has 0 bridgehead atoms. The molecule has 2 aliphatic rings. The average Bonchev–Trinajstić information content (AvgIpc) is 3.55. The lowest BCUT2D eigenvalue weighted by Crippen LogP contribution is -2.28. The highest BCUT2D eigenvalue weighted by Gasteiger charge is 2.38. The molecule has 2 aliphatic heterocycles. The monoisotopic (exact) mass is 485 g/mol. The Hall–Kier alpha value is -3.64. The van der Waals surface area contributed by atoms with E-state index < -0.39 is 5.60 Å². The molecular formula is C26H23N5OS2. The predicted molar refractivity (Wildman–Crippen MR) is 137 cm³/mol. The number of thiophene rings is 1. The van der Waals surface area contributed by atoms with Crippen molar-refractivity contribution in [3.63, 3.8) is 0 Å². The molecule has 8 heteroatoms. The van der Waals surface area contributed by atoms with Crippen LogP contribution in [0.25, 0.3) is 18.2 Å². The van der Waals surface area contributed by atoms with Gasteiger partial charge in [0.15, 0.2) is 11.3 Å². The fourth-order valence-electron chi connectivity index (χ4n) is 3.97. The standard InChI is InChI=1S/C26H23N5OS2/c1-26(2)22(21(16-29)25(32-26)18(14-27)15-28)9-10-23-30-17-20(33-23)7-6-19-8-11-24(34-19)31-12-4-3-5-13-31/h6-11,17H,3-5,12-13H2,1-2H3/b7-6+,10-9+. The van der Waals surface area contributed by atoms with Crippen molar-refractivity contribution in [3.8, 4) is 18.2 Å². The van der Waals surface area contributed by atoms with Crippen molar-refractivity contribution >= 4 is 45.9 Å². The van der Waals surface area contributed by atoms with E-state index in [0.717, 1.165) is 23.0 Å². The molecule has 2 aromatic heterocycles. The van der Waals surface area contributed by atoms with Crippen LogP contribution in [0.2, 0.25) is 0 Å². The highest BCUT2D eigenvalue weighted by Crippen LogP contribution is 2.40. The third kappa shape index (κ3) is 4.97. The number of anilines is 1. The number of nitriles is 3. The number of aromatic nitrogens is 1. The Labute approximate surface area is 207 Å². The molecule has 6 nitrogen and oxygen atoms in total. The van der Waals surface area contributed by atoms with Crippen LogP contribution in [0.4, 0.5) is 5.00 Å². The van der Waals surface area contributed by atoms with Gasteiger partial charge in [0.05, 0.1) is 5.00 Å². The minimum atomic E-state index is -0.832. The van der Waals surface area contributed by atoms with E-state index in [1.807, 2.05) is 23.6 Å². The van der Waals surface area contributed by atoms with Crippen LogP contribution in [0.3, 0.4) is 0 Å². The smallest absolute Gasteiger partial charge is 0.172 e. The SMILES string of the molecule is CC1(C)OC(=C(C#N)C#N)C(C#N)=C1/C=C/c1ncc(/C=C/c2ccc(N3CCCCC3)s2)s1. The van der Waals surface area contributed by atoms with Crippen molar-refractivity contribution in [2.24, 2.45) is 0 Å². The molecule has 170 valence electrons. The van der Waals surface area contributed by atoms with Crippen molar-refractivity contribution < 1.29 is 4.74 Å².